The van der Waals surface area contributed by atoms with Gasteiger partial charge in [-0.3, -0.25) is 9.59 Å². The van der Waals surface area contributed by atoms with Crippen molar-refractivity contribution < 1.29 is 14.3 Å². The fourth-order valence-corrected chi connectivity index (χ4v) is 3.69. The highest BCUT2D eigenvalue weighted by molar-refractivity contribution is 5.86. The molecule has 5 nitrogen and oxygen atoms in total. The summed E-state index contributed by atoms with van der Waals surface area (Å²) in [4.78, 5) is 24.1. The minimum absolute atomic E-state index is 0.0906. The lowest BCUT2D eigenvalue weighted by molar-refractivity contribution is -0.127. The van der Waals surface area contributed by atoms with E-state index < -0.39 is 11.9 Å². The Morgan fingerprint density at radius 2 is 1.75 bits per heavy atom. The Balaban J connectivity index is 1.56. The summed E-state index contributed by atoms with van der Waals surface area (Å²) in [7, 11) is 0. The van der Waals surface area contributed by atoms with Gasteiger partial charge in [0, 0.05) is 12.8 Å². The van der Waals surface area contributed by atoms with Gasteiger partial charge in [0.2, 0.25) is 11.8 Å². The SMILES string of the molecule is NC(=O)[C@@H](Cc1cccc(OCc2ccccc2)c1)NC(=O)CC1CCCC1. The van der Waals surface area contributed by atoms with E-state index in [1.807, 2.05) is 54.6 Å². The smallest absolute Gasteiger partial charge is 0.240 e. The van der Waals surface area contributed by atoms with E-state index in [4.69, 9.17) is 10.5 Å². The molecule has 148 valence electrons. The van der Waals surface area contributed by atoms with Gasteiger partial charge < -0.3 is 15.8 Å². The summed E-state index contributed by atoms with van der Waals surface area (Å²) in [6.07, 6.45) is 5.39. The second kappa shape index (κ2) is 9.93. The van der Waals surface area contributed by atoms with Gasteiger partial charge in [0.1, 0.15) is 18.4 Å². The van der Waals surface area contributed by atoms with Gasteiger partial charge in [0.15, 0.2) is 0 Å². The van der Waals surface area contributed by atoms with Gasteiger partial charge in [0.25, 0.3) is 0 Å². The number of carbonyl (C=O) groups is 2. The fraction of sp³-hybridized carbons (Fsp3) is 0.391. The minimum atomic E-state index is -0.710. The average Bonchev–Trinajstić information content (AvgIpc) is 3.20. The van der Waals surface area contributed by atoms with Gasteiger partial charge in [-0.1, -0.05) is 55.3 Å². The molecule has 0 aromatic heterocycles. The monoisotopic (exact) mass is 380 g/mol. The molecule has 0 heterocycles. The molecule has 2 aromatic carbocycles. The van der Waals surface area contributed by atoms with E-state index in [0.717, 1.165) is 29.7 Å². The first kappa shape index (κ1) is 19.9. The number of hydrogen-bond acceptors (Lipinski definition) is 3. The van der Waals surface area contributed by atoms with Crippen LogP contribution in [-0.2, 0) is 22.6 Å². The Bertz CT molecular complexity index is 785. The van der Waals surface area contributed by atoms with E-state index in [2.05, 4.69) is 5.32 Å². The molecule has 0 bridgehead atoms. The number of rotatable bonds is 9. The van der Waals surface area contributed by atoms with Crippen LogP contribution in [-0.4, -0.2) is 17.9 Å². The Labute approximate surface area is 166 Å². The summed E-state index contributed by atoms with van der Waals surface area (Å²) in [5.41, 5.74) is 7.51. The molecule has 3 N–H and O–H groups in total. The molecule has 0 spiro atoms. The maximum absolute atomic E-state index is 12.3. The molecule has 1 fully saturated rings. The predicted molar refractivity (Wildman–Crippen MR) is 109 cm³/mol. The quantitative estimate of drug-likeness (QED) is 0.700. The summed E-state index contributed by atoms with van der Waals surface area (Å²) in [6.45, 7) is 0.474. The van der Waals surface area contributed by atoms with E-state index in [-0.39, 0.29) is 5.91 Å². The minimum Gasteiger partial charge on any atom is -0.489 e. The van der Waals surface area contributed by atoms with Crippen molar-refractivity contribution in [2.24, 2.45) is 11.7 Å². The Morgan fingerprint density at radius 3 is 2.46 bits per heavy atom. The number of nitrogens with one attached hydrogen (secondary N) is 1. The van der Waals surface area contributed by atoms with Crippen molar-refractivity contribution in [2.45, 2.75) is 51.2 Å². The van der Waals surface area contributed by atoms with Gasteiger partial charge in [-0.25, -0.2) is 0 Å². The third-order valence-corrected chi connectivity index (χ3v) is 5.21. The topological polar surface area (TPSA) is 81.4 Å². The van der Waals surface area contributed by atoms with Crippen molar-refractivity contribution in [1.82, 2.24) is 5.32 Å². The molecular weight excluding hydrogens is 352 g/mol. The largest absolute Gasteiger partial charge is 0.489 e. The van der Waals surface area contributed by atoms with Crippen molar-refractivity contribution in [3.05, 3.63) is 65.7 Å². The average molecular weight is 380 g/mol. The van der Waals surface area contributed by atoms with Crippen molar-refractivity contribution >= 4 is 11.8 Å². The zero-order valence-electron chi connectivity index (χ0n) is 16.1. The first-order valence-electron chi connectivity index (χ1n) is 9.94. The maximum Gasteiger partial charge on any atom is 0.240 e. The molecule has 2 amide bonds. The second-order valence-electron chi connectivity index (χ2n) is 7.50. The lowest BCUT2D eigenvalue weighted by atomic mass is 10.0. The van der Waals surface area contributed by atoms with Crippen LogP contribution in [0.5, 0.6) is 5.75 Å². The van der Waals surface area contributed by atoms with Crippen molar-refractivity contribution in [1.29, 1.82) is 0 Å². The molecule has 1 saturated carbocycles. The lowest BCUT2D eigenvalue weighted by Gasteiger charge is -2.17. The van der Waals surface area contributed by atoms with Gasteiger partial charge in [0.05, 0.1) is 0 Å². The maximum atomic E-state index is 12.3. The number of nitrogens with two attached hydrogens (primary N) is 1. The Morgan fingerprint density at radius 1 is 1.04 bits per heavy atom. The van der Waals surface area contributed by atoms with Crippen LogP contribution in [0.1, 0.15) is 43.2 Å². The van der Waals surface area contributed by atoms with Crippen LogP contribution < -0.4 is 15.8 Å². The standard InChI is InChI=1S/C23H28N2O3/c24-23(27)21(25-22(26)15-17-7-4-5-8-17)14-19-11-6-12-20(13-19)28-16-18-9-2-1-3-10-18/h1-3,6,9-13,17,21H,4-5,7-8,14-16H2,(H2,24,27)(H,25,26)/t21-/m1/s1. The van der Waals surface area contributed by atoms with E-state index in [0.29, 0.717) is 25.4 Å². The van der Waals surface area contributed by atoms with Crippen LogP contribution in [0, 0.1) is 5.92 Å². The predicted octanol–water partition coefficient (Wildman–Crippen LogP) is 3.36. The molecule has 1 atom stereocenters. The molecule has 1 aliphatic carbocycles. The molecule has 0 unspecified atom stereocenters. The normalized spacial score (nSPS) is 15.1. The summed E-state index contributed by atoms with van der Waals surface area (Å²) in [6, 6.07) is 16.8. The molecule has 0 aliphatic heterocycles. The van der Waals surface area contributed by atoms with Crippen LogP contribution in [0.15, 0.2) is 54.6 Å². The highest BCUT2D eigenvalue weighted by Crippen LogP contribution is 2.27. The Kier molecular flexibility index (Phi) is 7.06. The molecule has 2 aromatic rings. The van der Waals surface area contributed by atoms with Crippen molar-refractivity contribution in [3.63, 3.8) is 0 Å². The molecule has 1 aliphatic rings. The first-order chi connectivity index (χ1) is 13.6. The summed E-state index contributed by atoms with van der Waals surface area (Å²) >= 11 is 0. The summed E-state index contributed by atoms with van der Waals surface area (Å²) in [5, 5.41) is 2.81. The summed E-state index contributed by atoms with van der Waals surface area (Å²) in [5.74, 6) is 0.549. The molecule has 5 heteroatoms. The highest BCUT2D eigenvalue weighted by Gasteiger charge is 2.23. The molecule has 3 rings (SSSR count). The van der Waals surface area contributed by atoms with Crippen LogP contribution in [0.25, 0.3) is 0 Å². The number of primary amides is 1. The number of amides is 2. The number of carbonyl (C=O) groups excluding carboxylic acids is 2. The summed E-state index contributed by atoms with van der Waals surface area (Å²) < 4.78 is 5.84. The lowest BCUT2D eigenvalue weighted by Crippen LogP contribution is -2.46. The second-order valence-corrected chi connectivity index (χ2v) is 7.50. The van der Waals surface area contributed by atoms with Crippen LogP contribution in [0.4, 0.5) is 0 Å². The zero-order valence-corrected chi connectivity index (χ0v) is 16.1. The fourth-order valence-electron chi connectivity index (χ4n) is 3.69. The zero-order chi connectivity index (χ0) is 19.8. The number of hydrogen-bond donors (Lipinski definition) is 2. The molecule has 28 heavy (non-hydrogen) atoms. The van der Waals surface area contributed by atoms with E-state index in [9.17, 15) is 9.59 Å². The van der Waals surface area contributed by atoms with Gasteiger partial charge >= 0.3 is 0 Å². The highest BCUT2D eigenvalue weighted by atomic mass is 16.5. The molecular formula is C23H28N2O3. The molecule has 0 saturated heterocycles. The van der Waals surface area contributed by atoms with Gasteiger partial charge in [-0.15, -0.1) is 0 Å². The Hall–Kier alpha value is -2.82. The van der Waals surface area contributed by atoms with Crippen molar-refractivity contribution in [2.75, 3.05) is 0 Å². The van der Waals surface area contributed by atoms with E-state index >= 15 is 0 Å². The van der Waals surface area contributed by atoms with Crippen molar-refractivity contribution in [3.8, 4) is 5.75 Å². The number of benzene rings is 2. The first-order valence-corrected chi connectivity index (χ1v) is 9.94. The van der Waals surface area contributed by atoms with Gasteiger partial charge in [-0.05, 0) is 42.0 Å². The van der Waals surface area contributed by atoms with E-state index in [1.54, 1.807) is 0 Å². The molecule has 0 radical (unpaired) electrons. The van der Waals surface area contributed by atoms with Crippen LogP contribution in [0.2, 0.25) is 0 Å². The van der Waals surface area contributed by atoms with Crippen LogP contribution in [0.3, 0.4) is 0 Å². The third kappa shape index (κ3) is 6.12. The van der Waals surface area contributed by atoms with E-state index in [1.165, 1.54) is 12.8 Å². The number of ether oxygens (including phenoxy) is 1. The third-order valence-electron chi connectivity index (χ3n) is 5.21. The van der Waals surface area contributed by atoms with Gasteiger partial charge in [-0.2, -0.15) is 0 Å². The van der Waals surface area contributed by atoms with Crippen LogP contribution >= 0.6 is 0 Å².